The normalized spacial score (nSPS) is 13.5. The quantitative estimate of drug-likeness (QED) is 0.522. The third-order valence-electron chi connectivity index (χ3n) is 1.95. The second-order valence-electron chi connectivity index (χ2n) is 3.33. The standard InChI is InChI=1S/C9H17N3O/c1-12(2)6-5-8(11-10)9-4-3-7-13-9/h3-4,7-8,11H,5-6,10H2,1-2H3. The summed E-state index contributed by atoms with van der Waals surface area (Å²) < 4.78 is 5.26. The molecule has 74 valence electrons. The van der Waals surface area contributed by atoms with Crippen molar-refractivity contribution < 1.29 is 4.42 Å². The van der Waals surface area contributed by atoms with E-state index in [1.807, 2.05) is 26.2 Å². The molecule has 4 nitrogen and oxygen atoms in total. The molecule has 0 bridgehead atoms. The first-order chi connectivity index (χ1) is 6.24. The number of nitrogens with one attached hydrogen (secondary N) is 1. The summed E-state index contributed by atoms with van der Waals surface area (Å²) in [7, 11) is 4.07. The molecule has 1 unspecified atom stereocenters. The highest BCUT2D eigenvalue weighted by Crippen LogP contribution is 2.15. The third-order valence-corrected chi connectivity index (χ3v) is 1.95. The maximum atomic E-state index is 5.42. The minimum Gasteiger partial charge on any atom is -0.468 e. The monoisotopic (exact) mass is 183 g/mol. The van der Waals surface area contributed by atoms with E-state index in [2.05, 4.69) is 10.3 Å². The Morgan fingerprint density at radius 2 is 2.38 bits per heavy atom. The van der Waals surface area contributed by atoms with Crippen LogP contribution in [0.25, 0.3) is 0 Å². The Morgan fingerprint density at radius 3 is 2.85 bits per heavy atom. The van der Waals surface area contributed by atoms with Gasteiger partial charge < -0.3 is 9.32 Å². The number of hydrogen-bond acceptors (Lipinski definition) is 4. The number of hydrazine groups is 1. The second-order valence-corrected chi connectivity index (χ2v) is 3.33. The Kier molecular flexibility index (Phi) is 3.95. The Balaban J connectivity index is 2.44. The van der Waals surface area contributed by atoms with Crippen LogP contribution in [0.2, 0.25) is 0 Å². The number of furan rings is 1. The predicted molar refractivity (Wildman–Crippen MR) is 51.9 cm³/mol. The molecule has 0 spiro atoms. The highest BCUT2D eigenvalue weighted by atomic mass is 16.3. The van der Waals surface area contributed by atoms with Crippen molar-refractivity contribution in [3.63, 3.8) is 0 Å². The molecule has 0 amide bonds. The predicted octanol–water partition coefficient (Wildman–Crippen LogP) is 0.736. The van der Waals surface area contributed by atoms with Gasteiger partial charge in [0.15, 0.2) is 0 Å². The van der Waals surface area contributed by atoms with E-state index in [1.165, 1.54) is 0 Å². The molecule has 0 aliphatic rings. The van der Waals surface area contributed by atoms with Gasteiger partial charge in [-0.25, -0.2) is 5.43 Å². The molecular weight excluding hydrogens is 166 g/mol. The minimum atomic E-state index is 0.109. The Hall–Kier alpha value is -0.840. The molecule has 0 saturated carbocycles. The number of nitrogens with two attached hydrogens (primary N) is 1. The van der Waals surface area contributed by atoms with Gasteiger partial charge in [0, 0.05) is 0 Å². The van der Waals surface area contributed by atoms with Crippen LogP contribution >= 0.6 is 0 Å². The Labute approximate surface area is 78.7 Å². The van der Waals surface area contributed by atoms with Crippen molar-refractivity contribution in [2.24, 2.45) is 5.84 Å². The van der Waals surface area contributed by atoms with Gasteiger partial charge in [0.2, 0.25) is 0 Å². The van der Waals surface area contributed by atoms with E-state index in [1.54, 1.807) is 6.26 Å². The van der Waals surface area contributed by atoms with Gasteiger partial charge >= 0.3 is 0 Å². The number of rotatable bonds is 5. The average molecular weight is 183 g/mol. The van der Waals surface area contributed by atoms with Crippen molar-refractivity contribution in [3.05, 3.63) is 24.2 Å². The zero-order valence-corrected chi connectivity index (χ0v) is 8.16. The summed E-state index contributed by atoms with van der Waals surface area (Å²) in [5.41, 5.74) is 2.74. The van der Waals surface area contributed by atoms with Crippen LogP contribution in [-0.4, -0.2) is 25.5 Å². The van der Waals surface area contributed by atoms with Crippen LogP contribution in [-0.2, 0) is 0 Å². The lowest BCUT2D eigenvalue weighted by atomic mass is 10.1. The van der Waals surface area contributed by atoms with Crippen molar-refractivity contribution >= 4 is 0 Å². The smallest absolute Gasteiger partial charge is 0.122 e. The molecule has 1 aromatic rings. The van der Waals surface area contributed by atoms with Crippen molar-refractivity contribution in [3.8, 4) is 0 Å². The summed E-state index contributed by atoms with van der Waals surface area (Å²) in [6.07, 6.45) is 2.60. The molecule has 0 aliphatic carbocycles. The molecule has 1 heterocycles. The first kappa shape index (κ1) is 10.2. The summed E-state index contributed by atoms with van der Waals surface area (Å²) in [4.78, 5) is 2.12. The van der Waals surface area contributed by atoms with Crippen molar-refractivity contribution in [2.45, 2.75) is 12.5 Å². The molecule has 0 radical (unpaired) electrons. The summed E-state index contributed by atoms with van der Waals surface area (Å²) in [6.45, 7) is 0.982. The van der Waals surface area contributed by atoms with Crippen LogP contribution in [0, 0.1) is 0 Å². The van der Waals surface area contributed by atoms with Gasteiger partial charge in [-0.3, -0.25) is 5.84 Å². The number of nitrogens with zero attached hydrogens (tertiary/aromatic N) is 1. The van der Waals surface area contributed by atoms with Gasteiger partial charge in [-0.05, 0) is 39.2 Å². The maximum absolute atomic E-state index is 5.42. The summed E-state index contributed by atoms with van der Waals surface area (Å²) >= 11 is 0. The zero-order chi connectivity index (χ0) is 9.68. The van der Waals surface area contributed by atoms with Gasteiger partial charge in [0.25, 0.3) is 0 Å². The van der Waals surface area contributed by atoms with Gasteiger partial charge in [-0.2, -0.15) is 0 Å². The topological polar surface area (TPSA) is 54.4 Å². The molecule has 0 aliphatic heterocycles. The van der Waals surface area contributed by atoms with Gasteiger partial charge in [-0.1, -0.05) is 0 Å². The third kappa shape index (κ3) is 3.18. The maximum Gasteiger partial charge on any atom is 0.122 e. The highest BCUT2D eigenvalue weighted by Gasteiger charge is 2.11. The fourth-order valence-corrected chi connectivity index (χ4v) is 1.18. The van der Waals surface area contributed by atoms with Crippen LogP contribution in [0.5, 0.6) is 0 Å². The van der Waals surface area contributed by atoms with E-state index in [4.69, 9.17) is 10.3 Å². The first-order valence-electron chi connectivity index (χ1n) is 4.38. The van der Waals surface area contributed by atoms with Crippen molar-refractivity contribution in [1.82, 2.24) is 10.3 Å². The highest BCUT2D eigenvalue weighted by molar-refractivity contribution is 5.03. The summed E-state index contributed by atoms with van der Waals surface area (Å²) in [5.74, 6) is 6.31. The molecule has 0 saturated heterocycles. The molecular formula is C9H17N3O. The van der Waals surface area contributed by atoms with E-state index in [0.717, 1.165) is 18.7 Å². The largest absolute Gasteiger partial charge is 0.468 e. The van der Waals surface area contributed by atoms with Crippen LogP contribution in [0.1, 0.15) is 18.2 Å². The first-order valence-corrected chi connectivity index (χ1v) is 4.38. The fraction of sp³-hybridized carbons (Fsp3) is 0.556. The minimum absolute atomic E-state index is 0.109. The van der Waals surface area contributed by atoms with Gasteiger partial charge in [0.1, 0.15) is 5.76 Å². The lowest BCUT2D eigenvalue weighted by Gasteiger charge is -2.16. The molecule has 1 aromatic heterocycles. The van der Waals surface area contributed by atoms with Crippen molar-refractivity contribution in [2.75, 3.05) is 20.6 Å². The lowest BCUT2D eigenvalue weighted by Crippen LogP contribution is -2.30. The van der Waals surface area contributed by atoms with Crippen LogP contribution < -0.4 is 11.3 Å². The molecule has 1 atom stereocenters. The summed E-state index contributed by atoms with van der Waals surface area (Å²) in [6, 6.07) is 3.91. The van der Waals surface area contributed by atoms with E-state index in [9.17, 15) is 0 Å². The molecule has 4 heteroatoms. The van der Waals surface area contributed by atoms with E-state index in [0.29, 0.717) is 0 Å². The van der Waals surface area contributed by atoms with Crippen LogP contribution in [0.4, 0.5) is 0 Å². The zero-order valence-electron chi connectivity index (χ0n) is 8.16. The van der Waals surface area contributed by atoms with E-state index < -0.39 is 0 Å². The van der Waals surface area contributed by atoms with Gasteiger partial charge in [-0.15, -0.1) is 0 Å². The second kappa shape index (κ2) is 5.01. The van der Waals surface area contributed by atoms with Gasteiger partial charge in [0.05, 0.1) is 12.3 Å². The fourth-order valence-electron chi connectivity index (χ4n) is 1.18. The Bertz CT molecular complexity index is 221. The number of hydrogen-bond donors (Lipinski definition) is 2. The molecule has 1 rings (SSSR count). The van der Waals surface area contributed by atoms with E-state index in [-0.39, 0.29) is 6.04 Å². The lowest BCUT2D eigenvalue weighted by molar-refractivity contribution is 0.334. The van der Waals surface area contributed by atoms with Crippen molar-refractivity contribution in [1.29, 1.82) is 0 Å². The Morgan fingerprint density at radius 1 is 1.62 bits per heavy atom. The van der Waals surface area contributed by atoms with Crippen LogP contribution in [0.15, 0.2) is 22.8 Å². The SMILES string of the molecule is CN(C)CCC(NN)c1ccco1. The van der Waals surface area contributed by atoms with Crippen LogP contribution in [0.3, 0.4) is 0 Å². The molecule has 0 aromatic carbocycles. The van der Waals surface area contributed by atoms with E-state index >= 15 is 0 Å². The summed E-state index contributed by atoms with van der Waals surface area (Å²) in [5, 5.41) is 0. The molecule has 0 fully saturated rings. The molecule has 13 heavy (non-hydrogen) atoms. The average Bonchev–Trinajstić information content (AvgIpc) is 2.58. The molecule has 3 N–H and O–H groups in total.